The van der Waals surface area contributed by atoms with E-state index in [1.54, 1.807) is 0 Å². The van der Waals surface area contributed by atoms with E-state index in [0.29, 0.717) is 0 Å². The zero-order chi connectivity index (χ0) is 14.4. The number of aryl methyl sites for hydroxylation is 1. The summed E-state index contributed by atoms with van der Waals surface area (Å²) in [6, 6.07) is 5.96. The molecule has 20 heavy (non-hydrogen) atoms. The predicted molar refractivity (Wildman–Crippen MR) is 84.3 cm³/mol. The van der Waals surface area contributed by atoms with E-state index in [1.807, 2.05) is 19.1 Å². The highest BCUT2D eigenvalue weighted by molar-refractivity contribution is 5.96. The van der Waals surface area contributed by atoms with Crippen LogP contribution in [0.25, 0.3) is 0 Å². The minimum Gasteiger partial charge on any atom is -0.385 e. The van der Waals surface area contributed by atoms with Gasteiger partial charge in [0.15, 0.2) is 0 Å². The smallest absolute Gasteiger partial charge is 0.251 e. The van der Waals surface area contributed by atoms with E-state index < -0.39 is 0 Å². The molecule has 1 saturated carbocycles. The zero-order valence-electron chi connectivity index (χ0n) is 12.7. The van der Waals surface area contributed by atoms with Crippen molar-refractivity contribution in [2.45, 2.75) is 46.0 Å². The zero-order valence-corrected chi connectivity index (χ0v) is 12.7. The number of hydrogen-bond acceptors (Lipinski definition) is 2. The molecule has 0 atom stereocenters. The summed E-state index contributed by atoms with van der Waals surface area (Å²) in [5.74, 6) is 0.998. The van der Waals surface area contributed by atoms with Crippen LogP contribution in [0.3, 0.4) is 0 Å². The standard InChI is InChI=1S/C17H26N2O/c1-3-10-18-15-8-9-16(13(2)12-15)17(20)19-11-4-5-14-6-7-14/h8-9,12,14,18H,3-7,10-11H2,1-2H3,(H,19,20). The number of hydrogen-bond donors (Lipinski definition) is 2. The average Bonchev–Trinajstić information content (AvgIpc) is 3.25. The van der Waals surface area contributed by atoms with E-state index in [1.165, 1.54) is 19.3 Å². The van der Waals surface area contributed by atoms with Crippen molar-refractivity contribution in [3.8, 4) is 0 Å². The van der Waals surface area contributed by atoms with Gasteiger partial charge in [0.2, 0.25) is 0 Å². The van der Waals surface area contributed by atoms with E-state index in [9.17, 15) is 4.79 Å². The molecule has 1 aliphatic rings. The first-order valence-corrected chi connectivity index (χ1v) is 7.83. The second-order valence-corrected chi connectivity index (χ2v) is 5.80. The number of carbonyl (C=O) groups is 1. The molecule has 0 bridgehead atoms. The number of benzene rings is 1. The molecule has 3 nitrogen and oxygen atoms in total. The van der Waals surface area contributed by atoms with Gasteiger partial charge in [-0.1, -0.05) is 19.8 Å². The average molecular weight is 274 g/mol. The third-order valence-corrected chi connectivity index (χ3v) is 3.82. The van der Waals surface area contributed by atoms with Crippen molar-refractivity contribution in [3.63, 3.8) is 0 Å². The predicted octanol–water partition coefficient (Wildman–Crippen LogP) is 3.74. The Hall–Kier alpha value is -1.51. The van der Waals surface area contributed by atoms with Crippen molar-refractivity contribution in [1.29, 1.82) is 0 Å². The van der Waals surface area contributed by atoms with Crippen molar-refractivity contribution in [2.24, 2.45) is 5.92 Å². The Bertz CT molecular complexity index is 452. The Balaban J connectivity index is 1.81. The van der Waals surface area contributed by atoms with Crippen molar-refractivity contribution in [3.05, 3.63) is 29.3 Å². The molecular formula is C17H26N2O. The van der Waals surface area contributed by atoms with Gasteiger partial charge >= 0.3 is 0 Å². The minimum absolute atomic E-state index is 0.0559. The highest BCUT2D eigenvalue weighted by atomic mass is 16.1. The summed E-state index contributed by atoms with van der Waals surface area (Å²) in [6.07, 6.45) is 6.24. The topological polar surface area (TPSA) is 41.1 Å². The van der Waals surface area contributed by atoms with Crippen LogP contribution >= 0.6 is 0 Å². The van der Waals surface area contributed by atoms with Gasteiger partial charge in [-0.3, -0.25) is 4.79 Å². The maximum Gasteiger partial charge on any atom is 0.251 e. The first kappa shape index (κ1) is 14.9. The van der Waals surface area contributed by atoms with Gasteiger partial charge in [0.05, 0.1) is 0 Å². The lowest BCUT2D eigenvalue weighted by Gasteiger charge is -2.10. The molecule has 0 radical (unpaired) electrons. The minimum atomic E-state index is 0.0559. The summed E-state index contributed by atoms with van der Waals surface area (Å²) in [5, 5.41) is 6.37. The normalized spacial score (nSPS) is 14.1. The van der Waals surface area contributed by atoms with E-state index in [0.717, 1.165) is 48.7 Å². The lowest BCUT2D eigenvalue weighted by atomic mass is 10.1. The lowest BCUT2D eigenvalue weighted by Crippen LogP contribution is -2.25. The molecule has 0 saturated heterocycles. The van der Waals surface area contributed by atoms with Gasteiger partial charge in [0.1, 0.15) is 0 Å². The van der Waals surface area contributed by atoms with E-state index >= 15 is 0 Å². The molecule has 2 N–H and O–H groups in total. The summed E-state index contributed by atoms with van der Waals surface area (Å²) in [7, 11) is 0. The Morgan fingerprint density at radius 3 is 2.75 bits per heavy atom. The molecule has 110 valence electrons. The van der Waals surface area contributed by atoms with Crippen LogP contribution in [0, 0.1) is 12.8 Å². The largest absolute Gasteiger partial charge is 0.385 e. The van der Waals surface area contributed by atoms with Crippen LogP contribution in [0.2, 0.25) is 0 Å². The number of amides is 1. The maximum atomic E-state index is 12.1. The monoisotopic (exact) mass is 274 g/mol. The van der Waals surface area contributed by atoms with Crippen molar-refractivity contribution < 1.29 is 4.79 Å². The molecule has 0 unspecified atom stereocenters. The third kappa shape index (κ3) is 4.55. The summed E-state index contributed by atoms with van der Waals surface area (Å²) in [6.45, 7) is 5.90. The fraction of sp³-hybridized carbons (Fsp3) is 0.588. The molecule has 0 aromatic heterocycles. The fourth-order valence-corrected chi connectivity index (χ4v) is 2.39. The van der Waals surface area contributed by atoms with Crippen LogP contribution in [-0.4, -0.2) is 19.0 Å². The molecular weight excluding hydrogens is 248 g/mol. The maximum absolute atomic E-state index is 12.1. The Kier molecular flexibility index (Phi) is 5.45. The molecule has 1 aliphatic carbocycles. The van der Waals surface area contributed by atoms with Gasteiger partial charge in [-0.15, -0.1) is 0 Å². The van der Waals surface area contributed by atoms with Crippen molar-refractivity contribution in [1.82, 2.24) is 5.32 Å². The highest BCUT2D eigenvalue weighted by Gasteiger charge is 2.20. The number of rotatable bonds is 8. The van der Waals surface area contributed by atoms with Gasteiger partial charge in [-0.05, 0) is 55.9 Å². The van der Waals surface area contributed by atoms with Gasteiger partial charge in [-0.2, -0.15) is 0 Å². The van der Waals surface area contributed by atoms with Gasteiger partial charge in [0, 0.05) is 24.3 Å². The van der Waals surface area contributed by atoms with Gasteiger partial charge in [-0.25, -0.2) is 0 Å². The van der Waals surface area contributed by atoms with Crippen LogP contribution in [-0.2, 0) is 0 Å². The fourth-order valence-electron chi connectivity index (χ4n) is 2.39. The quantitative estimate of drug-likeness (QED) is 0.709. The van der Waals surface area contributed by atoms with Gasteiger partial charge < -0.3 is 10.6 Å². The summed E-state index contributed by atoms with van der Waals surface area (Å²) in [4.78, 5) is 12.1. The van der Waals surface area contributed by atoms with E-state index in [4.69, 9.17) is 0 Å². The number of nitrogens with one attached hydrogen (secondary N) is 2. The van der Waals surface area contributed by atoms with E-state index in [-0.39, 0.29) is 5.91 Å². The molecule has 3 heteroatoms. The third-order valence-electron chi connectivity index (χ3n) is 3.82. The number of carbonyl (C=O) groups excluding carboxylic acids is 1. The summed E-state index contributed by atoms with van der Waals surface area (Å²) in [5.41, 5.74) is 2.92. The summed E-state index contributed by atoms with van der Waals surface area (Å²) >= 11 is 0. The van der Waals surface area contributed by atoms with E-state index in [2.05, 4.69) is 23.6 Å². The molecule has 1 aromatic carbocycles. The Morgan fingerprint density at radius 2 is 2.10 bits per heavy atom. The van der Waals surface area contributed by atoms with Crippen molar-refractivity contribution in [2.75, 3.05) is 18.4 Å². The molecule has 0 aliphatic heterocycles. The lowest BCUT2D eigenvalue weighted by molar-refractivity contribution is 0.0952. The Morgan fingerprint density at radius 1 is 1.30 bits per heavy atom. The van der Waals surface area contributed by atoms with Crippen LogP contribution in [0.4, 0.5) is 5.69 Å². The van der Waals surface area contributed by atoms with Crippen LogP contribution < -0.4 is 10.6 Å². The second-order valence-electron chi connectivity index (χ2n) is 5.80. The van der Waals surface area contributed by atoms with Crippen molar-refractivity contribution >= 4 is 11.6 Å². The molecule has 1 amide bonds. The van der Waals surface area contributed by atoms with Crippen LogP contribution in [0.5, 0.6) is 0 Å². The number of anilines is 1. The highest BCUT2D eigenvalue weighted by Crippen LogP contribution is 2.33. The first-order chi connectivity index (χ1) is 9.70. The molecule has 0 heterocycles. The van der Waals surface area contributed by atoms with Crippen LogP contribution in [0.15, 0.2) is 18.2 Å². The second kappa shape index (κ2) is 7.32. The van der Waals surface area contributed by atoms with Crippen LogP contribution in [0.1, 0.15) is 54.9 Å². The SMILES string of the molecule is CCCNc1ccc(C(=O)NCCCC2CC2)c(C)c1. The first-order valence-electron chi connectivity index (χ1n) is 7.83. The summed E-state index contributed by atoms with van der Waals surface area (Å²) < 4.78 is 0. The Labute approximate surface area is 122 Å². The molecule has 1 fully saturated rings. The van der Waals surface area contributed by atoms with Gasteiger partial charge in [0.25, 0.3) is 5.91 Å². The molecule has 0 spiro atoms. The molecule has 1 aromatic rings. The molecule has 2 rings (SSSR count).